The molecule has 1 radical (unpaired) electrons. The Morgan fingerprint density at radius 2 is 1.50 bits per heavy atom. The molecule has 0 aromatic heterocycles. The molecular formula is C16H25. The zero-order valence-corrected chi connectivity index (χ0v) is 11.2. The van der Waals surface area contributed by atoms with Crippen molar-refractivity contribution in [2.24, 2.45) is 5.92 Å². The maximum atomic E-state index is 2.43. The fraction of sp³-hybridized carbons (Fsp3) is 0.562. The van der Waals surface area contributed by atoms with E-state index in [1.54, 1.807) is 0 Å². The topological polar surface area (TPSA) is 0 Å². The molecular weight excluding hydrogens is 192 g/mol. The first kappa shape index (κ1) is 13.3. The highest BCUT2D eigenvalue weighted by Gasteiger charge is 2.09. The summed E-state index contributed by atoms with van der Waals surface area (Å²) in [6.45, 7) is 9.04. The maximum Gasteiger partial charge on any atom is -0.00619 e. The second-order valence-corrected chi connectivity index (χ2v) is 4.90. The number of hydrogen-bond donors (Lipinski definition) is 0. The molecule has 1 aromatic rings. The van der Waals surface area contributed by atoms with E-state index in [-0.39, 0.29) is 0 Å². The van der Waals surface area contributed by atoms with Gasteiger partial charge in [0, 0.05) is 0 Å². The van der Waals surface area contributed by atoms with Crippen molar-refractivity contribution in [1.82, 2.24) is 0 Å². The molecule has 0 atom stereocenters. The maximum absolute atomic E-state index is 2.43. The molecule has 0 aliphatic heterocycles. The van der Waals surface area contributed by atoms with Gasteiger partial charge in [-0.25, -0.2) is 0 Å². The van der Waals surface area contributed by atoms with Gasteiger partial charge >= 0.3 is 0 Å². The van der Waals surface area contributed by atoms with E-state index in [0.717, 1.165) is 0 Å². The first-order valence-electron chi connectivity index (χ1n) is 6.64. The highest BCUT2D eigenvalue weighted by Crippen LogP contribution is 2.23. The first-order chi connectivity index (χ1) is 7.69. The summed E-state index contributed by atoms with van der Waals surface area (Å²) in [6, 6.07) is 6.79. The van der Waals surface area contributed by atoms with Crippen molar-refractivity contribution in [3.8, 4) is 0 Å². The van der Waals surface area contributed by atoms with Crippen LogP contribution in [0.15, 0.2) is 18.2 Å². The second-order valence-electron chi connectivity index (χ2n) is 4.90. The SMILES string of the molecule is CCCc1cccc(CCC)c1[CH]C(C)C. The molecule has 0 bridgehead atoms. The zero-order chi connectivity index (χ0) is 12.0. The fourth-order valence-electron chi connectivity index (χ4n) is 2.19. The Kier molecular flexibility index (Phi) is 5.59. The van der Waals surface area contributed by atoms with E-state index in [2.05, 4.69) is 52.3 Å². The first-order valence-corrected chi connectivity index (χ1v) is 6.64. The summed E-state index contributed by atoms with van der Waals surface area (Å²) in [5, 5.41) is 0. The van der Waals surface area contributed by atoms with Gasteiger partial charge in [0.25, 0.3) is 0 Å². The minimum atomic E-state index is 0.633. The van der Waals surface area contributed by atoms with Crippen LogP contribution in [0.1, 0.15) is 57.2 Å². The molecule has 1 aromatic carbocycles. The average Bonchev–Trinajstić information content (AvgIpc) is 2.23. The van der Waals surface area contributed by atoms with E-state index in [9.17, 15) is 0 Å². The zero-order valence-electron chi connectivity index (χ0n) is 11.2. The van der Waals surface area contributed by atoms with Crippen LogP contribution >= 0.6 is 0 Å². The Morgan fingerprint density at radius 1 is 1.00 bits per heavy atom. The highest BCUT2D eigenvalue weighted by atomic mass is 14.1. The number of rotatable bonds is 6. The van der Waals surface area contributed by atoms with Crippen LogP contribution in [0, 0.1) is 12.3 Å². The Labute approximate surface area is 101 Å². The molecule has 0 nitrogen and oxygen atoms in total. The van der Waals surface area contributed by atoms with E-state index in [0.29, 0.717) is 5.92 Å². The van der Waals surface area contributed by atoms with Crippen LogP contribution < -0.4 is 0 Å². The molecule has 0 aliphatic rings. The van der Waals surface area contributed by atoms with Crippen molar-refractivity contribution in [3.63, 3.8) is 0 Å². The van der Waals surface area contributed by atoms with Crippen molar-refractivity contribution in [2.45, 2.75) is 53.4 Å². The second kappa shape index (κ2) is 6.73. The molecule has 0 heterocycles. The van der Waals surface area contributed by atoms with Gasteiger partial charge in [-0.1, -0.05) is 58.7 Å². The lowest BCUT2D eigenvalue weighted by molar-refractivity contribution is 0.760. The smallest absolute Gasteiger partial charge is 0.00619 e. The third-order valence-corrected chi connectivity index (χ3v) is 2.83. The van der Waals surface area contributed by atoms with Gasteiger partial charge in [-0.15, -0.1) is 0 Å². The van der Waals surface area contributed by atoms with Crippen LogP contribution in [0.2, 0.25) is 0 Å². The van der Waals surface area contributed by atoms with Gasteiger partial charge in [-0.2, -0.15) is 0 Å². The minimum absolute atomic E-state index is 0.633. The molecule has 0 saturated carbocycles. The number of benzene rings is 1. The Balaban J connectivity index is 3.01. The van der Waals surface area contributed by atoms with Crippen molar-refractivity contribution < 1.29 is 0 Å². The monoisotopic (exact) mass is 217 g/mol. The van der Waals surface area contributed by atoms with Gasteiger partial charge < -0.3 is 0 Å². The van der Waals surface area contributed by atoms with Crippen molar-refractivity contribution in [2.75, 3.05) is 0 Å². The lowest BCUT2D eigenvalue weighted by Gasteiger charge is -2.15. The molecule has 0 spiro atoms. The molecule has 16 heavy (non-hydrogen) atoms. The van der Waals surface area contributed by atoms with E-state index in [1.165, 1.54) is 42.4 Å². The summed E-state index contributed by atoms with van der Waals surface area (Å²) < 4.78 is 0. The van der Waals surface area contributed by atoms with Gasteiger partial charge in [0.05, 0.1) is 0 Å². The van der Waals surface area contributed by atoms with Crippen LogP contribution in [-0.4, -0.2) is 0 Å². The quantitative estimate of drug-likeness (QED) is 0.642. The third kappa shape index (κ3) is 3.66. The number of aryl methyl sites for hydroxylation is 2. The van der Waals surface area contributed by atoms with E-state index < -0.39 is 0 Å². The summed E-state index contributed by atoms with van der Waals surface area (Å²) >= 11 is 0. The summed E-state index contributed by atoms with van der Waals surface area (Å²) in [7, 11) is 0. The van der Waals surface area contributed by atoms with E-state index in [4.69, 9.17) is 0 Å². The van der Waals surface area contributed by atoms with Gasteiger partial charge in [0.1, 0.15) is 0 Å². The van der Waals surface area contributed by atoms with Crippen LogP contribution in [-0.2, 0) is 12.8 Å². The lowest BCUT2D eigenvalue weighted by Crippen LogP contribution is -2.02. The molecule has 0 N–H and O–H groups in total. The minimum Gasteiger partial charge on any atom is -0.0651 e. The van der Waals surface area contributed by atoms with Crippen molar-refractivity contribution >= 4 is 0 Å². The van der Waals surface area contributed by atoms with Gasteiger partial charge in [-0.05, 0) is 41.9 Å². The molecule has 0 aliphatic carbocycles. The summed E-state index contributed by atoms with van der Waals surface area (Å²) in [6.07, 6.45) is 7.30. The summed E-state index contributed by atoms with van der Waals surface area (Å²) in [5.74, 6) is 0.633. The van der Waals surface area contributed by atoms with Gasteiger partial charge in [0.2, 0.25) is 0 Å². The summed E-state index contributed by atoms with van der Waals surface area (Å²) in [4.78, 5) is 0. The third-order valence-electron chi connectivity index (χ3n) is 2.83. The average molecular weight is 217 g/mol. The Hall–Kier alpha value is -0.780. The van der Waals surface area contributed by atoms with Crippen LogP contribution in [0.25, 0.3) is 0 Å². The lowest BCUT2D eigenvalue weighted by atomic mass is 9.90. The molecule has 1 rings (SSSR count). The molecule has 0 fully saturated rings. The van der Waals surface area contributed by atoms with Crippen LogP contribution in [0.5, 0.6) is 0 Å². The Bertz CT molecular complexity index is 286. The van der Waals surface area contributed by atoms with Gasteiger partial charge in [-0.3, -0.25) is 0 Å². The predicted molar refractivity (Wildman–Crippen MR) is 72.7 cm³/mol. The summed E-state index contributed by atoms with van der Waals surface area (Å²) in [5.41, 5.74) is 4.57. The van der Waals surface area contributed by atoms with Crippen molar-refractivity contribution in [3.05, 3.63) is 41.3 Å². The van der Waals surface area contributed by atoms with Crippen LogP contribution in [0.4, 0.5) is 0 Å². The molecule has 89 valence electrons. The molecule has 0 heteroatoms. The number of hydrogen-bond acceptors (Lipinski definition) is 0. The van der Waals surface area contributed by atoms with E-state index in [1.807, 2.05) is 0 Å². The molecule has 0 unspecified atom stereocenters. The molecule has 0 amide bonds. The van der Waals surface area contributed by atoms with Crippen LogP contribution in [0.3, 0.4) is 0 Å². The van der Waals surface area contributed by atoms with Crippen molar-refractivity contribution in [1.29, 1.82) is 0 Å². The van der Waals surface area contributed by atoms with E-state index >= 15 is 0 Å². The molecule has 0 saturated heterocycles. The standard InChI is InChI=1S/C16H25/c1-5-8-14-10-7-11-15(9-6-2)16(14)12-13(3)4/h7,10-13H,5-6,8-9H2,1-4H3. The predicted octanol–water partition coefficient (Wildman–Crippen LogP) is 4.80. The normalized spacial score (nSPS) is 11.1. The highest BCUT2D eigenvalue weighted by molar-refractivity contribution is 5.41. The largest absolute Gasteiger partial charge is 0.0651 e. The Morgan fingerprint density at radius 3 is 1.88 bits per heavy atom. The van der Waals surface area contributed by atoms with Gasteiger partial charge in [0.15, 0.2) is 0 Å². The fourth-order valence-corrected chi connectivity index (χ4v) is 2.19.